The van der Waals surface area contributed by atoms with E-state index in [1.54, 1.807) is 0 Å². The lowest BCUT2D eigenvalue weighted by Crippen LogP contribution is -2.45. The standard InChI is InChI=1S/C15H25NO4S/c17-15(18)14-13-8-4-7-12(13)9-16(14)21(19,20)10-11-5-2-1-3-6-11/h11-14H,1-10H2,(H,17,18). The summed E-state index contributed by atoms with van der Waals surface area (Å²) >= 11 is 0. The van der Waals surface area contributed by atoms with E-state index in [1.807, 2.05) is 0 Å². The van der Waals surface area contributed by atoms with Crippen LogP contribution in [0.25, 0.3) is 0 Å². The number of rotatable bonds is 4. The van der Waals surface area contributed by atoms with Crippen LogP contribution in [0.4, 0.5) is 0 Å². The molecule has 0 bridgehead atoms. The zero-order valence-electron chi connectivity index (χ0n) is 12.4. The summed E-state index contributed by atoms with van der Waals surface area (Å²) in [5, 5.41) is 9.49. The Balaban J connectivity index is 1.75. The van der Waals surface area contributed by atoms with Gasteiger partial charge in [0.2, 0.25) is 10.0 Å². The molecule has 0 radical (unpaired) electrons. The number of hydrogen-bond donors (Lipinski definition) is 1. The topological polar surface area (TPSA) is 74.7 Å². The van der Waals surface area contributed by atoms with Gasteiger partial charge in [-0.15, -0.1) is 0 Å². The second kappa shape index (κ2) is 5.88. The molecular formula is C15H25NO4S. The van der Waals surface area contributed by atoms with E-state index in [-0.39, 0.29) is 23.5 Å². The third-order valence-electron chi connectivity index (χ3n) is 5.63. The number of fused-ring (bicyclic) bond motifs is 1. The lowest BCUT2D eigenvalue weighted by molar-refractivity contribution is -0.142. The SMILES string of the molecule is O=C(O)C1C2CCCC2CN1S(=O)(=O)CC1CCCCC1. The number of hydrogen-bond acceptors (Lipinski definition) is 3. The maximum absolute atomic E-state index is 12.7. The predicted molar refractivity (Wildman–Crippen MR) is 79.3 cm³/mol. The maximum Gasteiger partial charge on any atom is 0.322 e. The average molecular weight is 315 g/mol. The molecule has 3 atom stereocenters. The van der Waals surface area contributed by atoms with Gasteiger partial charge in [-0.05, 0) is 43.4 Å². The van der Waals surface area contributed by atoms with Gasteiger partial charge >= 0.3 is 5.97 Å². The van der Waals surface area contributed by atoms with Gasteiger partial charge < -0.3 is 5.11 Å². The van der Waals surface area contributed by atoms with E-state index >= 15 is 0 Å². The van der Waals surface area contributed by atoms with E-state index in [0.29, 0.717) is 6.54 Å². The van der Waals surface area contributed by atoms with Crippen molar-refractivity contribution in [2.75, 3.05) is 12.3 Å². The Kier molecular flexibility index (Phi) is 4.28. The van der Waals surface area contributed by atoms with E-state index in [4.69, 9.17) is 0 Å². The smallest absolute Gasteiger partial charge is 0.322 e. The molecule has 6 heteroatoms. The molecule has 0 amide bonds. The van der Waals surface area contributed by atoms with Gasteiger partial charge in [0.15, 0.2) is 0 Å². The fourth-order valence-electron chi connectivity index (χ4n) is 4.61. The highest BCUT2D eigenvalue weighted by Crippen LogP contribution is 2.43. The molecule has 3 fully saturated rings. The second-order valence-electron chi connectivity index (χ2n) is 6.99. The fraction of sp³-hybridized carbons (Fsp3) is 0.933. The Bertz CT molecular complexity index is 498. The summed E-state index contributed by atoms with van der Waals surface area (Å²) in [4.78, 5) is 11.6. The molecule has 5 nitrogen and oxygen atoms in total. The summed E-state index contributed by atoms with van der Waals surface area (Å²) in [7, 11) is -3.44. The molecule has 0 aromatic carbocycles. The summed E-state index contributed by atoms with van der Waals surface area (Å²) in [5.41, 5.74) is 0. The van der Waals surface area contributed by atoms with Crippen LogP contribution >= 0.6 is 0 Å². The Labute approximate surface area is 126 Å². The molecule has 1 saturated heterocycles. The van der Waals surface area contributed by atoms with Crippen molar-refractivity contribution in [1.82, 2.24) is 4.31 Å². The number of sulfonamides is 1. The highest BCUT2D eigenvalue weighted by Gasteiger charge is 2.52. The first-order valence-electron chi connectivity index (χ1n) is 8.21. The molecule has 21 heavy (non-hydrogen) atoms. The molecule has 0 spiro atoms. The van der Waals surface area contributed by atoms with Crippen molar-refractivity contribution in [3.8, 4) is 0 Å². The quantitative estimate of drug-likeness (QED) is 0.862. The number of nitrogens with zero attached hydrogens (tertiary/aromatic N) is 1. The predicted octanol–water partition coefficient (Wildman–Crippen LogP) is 2.08. The van der Waals surface area contributed by atoms with Crippen LogP contribution in [0.5, 0.6) is 0 Å². The van der Waals surface area contributed by atoms with Gasteiger partial charge in [0.25, 0.3) is 0 Å². The molecule has 1 N–H and O–H groups in total. The Morgan fingerprint density at radius 2 is 1.76 bits per heavy atom. The minimum Gasteiger partial charge on any atom is -0.480 e. The van der Waals surface area contributed by atoms with Crippen molar-refractivity contribution in [3.63, 3.8) is 0 Å². The van der Waals surface area contributed by atoms with Crippen LogP contribution in [0, 0.1) is 17.8 Å². The van der Waals surface area contributed by atoms with E-state index in [0.717, 1.165) is 44.9 Å². The first kappa shape index (κ1) is 15.3. The molecule has 3 rings (SSSR count). The van der Waals surface area contributed by atoms with Crippen LogP contribution in [0.3, 0.4) is 0 Å². The second-order valence-corrected chi connectivity index (χ2v) is 8.96. The van der Waals surface area contributed by atoms with Crippen molar-refractivity contribution in [3.05, 3.63) is 0 Å². The zero-order valence-corrected chi connectivity index (χ0v) is 13.2. The van der Waals surface area contributed by atoms with Crippen molar-refractivity contribution in [2.24, 2.45) is 17.8 Å². The molecular weight excluding hydrogens is 290 g/mol. The van der Waals surface area contributed by atoms with Gasteiger partial charge in [0.1, 0.15) is 6.04 Å². The molecule has 3 unspecified atom stereocenters. The van der Waals surface area contributed by atoms with Crippen molar-refractivity contribution in [2.45, 2.75) is 57.4 Å². The van der Waals surface area contributed by atoms with Gasteiger partial charge in [-0.3, -0.25) is 4.79 Å². The third kappa shape index (κ3) is 2.97. The van der Waals surface area contributed by atoms with Crippen LogP contribution in [0.1, 0.15) is 51.4 Å². The summed E-state index contributed by atoms with van der Waals surface area (Å²) < 4.78 is 26.8. The summed E-state index contributed by atoms with van der Waals surface area (Å²) in [6, 6.07) is -0.814. The minimum absolute atomic E-state index is 0.0311. The lowest BCUT2D eigenvalue weighted by atomic mass is 9.91. The molecule has 0 aromatic rings. The average Bonchev–Trinajstić information content (AvgIpc) is 2.98. The highest BCUT2D eigenvalue weighted by molar-refractivity contribution is 7.89. The van der Waals surface area contributed by atoms with Gasteiger partial charge in [-0.2, -0.15) is 4.31 Å². The van der Waals surface area contributed by atoms with Crippen molar-refractivity contribution in [1.29, 1.82) is 0 Å². The normalized spacial score (nSPS) is 35.0. The van der Waals surface area contributed by atoms with Gasteiger partial charge in [0, 0.05) is 6.54 Å². The van der Waals surface area contributed by atoms with E-state index in [9.17, 15) is 18.3 Å². The lowest BCUT2D eigenvalue weighted by Gasteiger charge is -2.27. The zero-order chi connectivity index (χ0) is 15.0. The number of carboxylic acids is 1. The maximum atomic E-state index is 12.7. The third-order valence-corrected chi connectivity index (χ3v) is 7.61. The van der Waals surface area contributed by atoms with Crippen LogP contribution in [-0.4, -0.2) is 42.1 Å². The molecule has 120 valence electrons. The monoisotopic (exact) mass is 315 g/mol. The Morgan fingerprint density at radius 3 is 2.43 bits per heavy atom. The molecule has 2 aliphatic carbocycles. The summed E-state index contributed by atoms with van der Waals surface area (Å²) in [6.07, 6.45) is 8.22. The summed E-state index contributed by atoms with van der Waals surface area (Å²) in [6.45, 7) is 0.427. The Morgan fingerprint density at radius 1 is 1.05 bits per heavy atom. The van der Waals surface area contributed by atoms with Gasteiger partial charge in [-0.25, -0.2) is 8.42 Å². The minimum atomic E-state index is -3.44. The molecule has 1 aliphatic heterocycles. The molecule has 1 heterocycles. The first-order chi connectivity index (χ1) is 9.99. The molecule has 3 aliphatic rings. The number of carboxylic acid groups (broad SMARTS) is 1. The highest BCUT2D eigenvalue weighted by atomic mass is 32.2. The largest absolute Gasteiger partial charge is 0.480 e. The number of aliphatic carboxylic acids is 1. The van der Waals surface area contributed by atoms with Crippen LogP contribution in [0.15, 0.2) is 0 Å². The number of carbonyl (C=O) groups is 1. The molecule has 0 aromatic heterocycles. The van der Waals surface area contributed by atoms with Gasteiger partial charge in [-0.1, -0.05) is 25.7 Å². The van der Waals surface area contributed by atoms with Crippen molar-refractivity contribution >= 4 is 16.0 Å². The van der Waals surface area contributed by atoms with Crippen LogP contribution in [-0.2, 0) is 14.8 Å². The van der Waals surface area contributed by atoms with E-state index < -0.39 is 22.0 Å². The fourth-order valence-corrected chi connectivity index (χ4v) is 6.74. The molecule has 2 saturated carbocycles. The first-order valence-corrected chi connectivity index (χ1v) is 9.82. The van der Waals surface area contributed by atoms with E-state index in [2.05, 4.69) is 0 Å². The van der Waals surface area contributed by atoms with Crippen LogP contribution < -0.4 is 0 Å². The van der Waals surface area contributed by atoms with Gasteiger partial charge in [0.05, 0.1) is 5.75 Å². The van der Waals surface area contributed by atoms with E-state index in [1.165, 1.54) is 10.7 Å². The van der Waals surface area contributed by atoms with Crippen molar-refractivity contribution < 1.29 is 18.3 Å². The summed E-state index contributed by atoms with van der Waals surface area (Å²) in [5.74, 6) is -0.304. The van der Waals surface area contributed by atoms with Crippen LogP contribution in [0.2, 0.25) is 0 Å². The Hall–Kier alpha value is -0.620.